The average Bonchev–Trinajstić information content (AvgIpc) is 2.82. The largest absolute Gasteiger partial charge is 0.459 e. The lowest BCUT2D eigenvalue weighted by Crippen LogP contribution is -2.17. The smallest absolute Gasteiger partial charge is 0.341 e. The van der Waals surface area contributed by atoms with Crippen molar-refractivity contribution in [2.45, 2.75) is 40.2 Å². The van der Waals surface area contributed by atoms with Crippen LogP contribution in [0.25, 0.3) is 0 Å². The van der Waals surface area contributed by atoms with Gasteiger partial charge in [0.25, 0.3) is 5.91 Å². The van der Waals surface area contributed by atoms with E-state index in [1.165, 1.54) is 11.3 Å². The molecule has 0 spiro atoms. The van der Waals surface area contributed by atoms with Gasteiger partial charge in [-0.15, -0.1) is 11.3 Å². The zero-order valence-electron chi connectivity index (χ0n) is 14.1. The quantitative estimate of drug-likeness (QED) is 0.751. The second-order valence-corrected chi connectivity index (χ2v) is 7.27. The minimum Gasteiger partial charge on any atom is -0.459 e. The molecule has 1 heterocycles. The van der Waals surface area contributed by atoms with Crippen LogP contribution in [0.15, 0.2) is 24.3 Å². The number of rotatable bonds is 5. The first-order valence-corrected chi connectivity index (χ1v) is 8.93. The monoisotopic (exact) mass is 365 g/mol. The molecule has 0 aliphatic rings. The molecular weight excluding hydrogens is 346 g/mol. The summed E-state index contributed by atoms with van der Waals surface area (Å²) in [5.41, 5.74) is 1.85. The molecule has 0 saturated carbocycles. The fraction of sp³-hybridized carbons (Fsp3) is 0.333. The molecule has 1 amide bonds. The van der Waals surface area contributed by atoms with E-state index in [0.717, 1.165) is 10.4 Å². The Balaban J connectivity index is 2.34. The predicted octanol–water partition coefficient (Wildman–Crippen LogP) is 5.09. The molecule has 24 heavy (non-hydrogen) atoms. The van der Waals surface area contributed by atoms with Gasteiger partial charge in [0.2, 0.25) is 0 Å². The maximum absolute atomic E-state index is 12.4. The molecular formula is C18H20ClNO3S. The van der Waals surface area contributed by atoms with Crippen molar-refractivity contribution in [3.05, 3.63) is 50.9 Å². The Bertz CT molecular complexity index is 750. The maximum atomic E-state index is 12.4. The summed E-state index contributed by atoms with van der Waals surface area (Å²) in [5.74, 6) is -0.688. The highest BCUT2D eigenvalue weighted by molar-refractivity contribution is 7.16. The fourth-order valence-electron chi connectivity index (χ4n) is 2.36. The van der Waals surface area contributed by atoms with Gasteiger partial charge in [0.05, 0.1) is 11.7 Å². The van der Waals surface area contributed by atoms with Gasteiger partial charge in [-0.05, 0) is 57.0 Å². The SMILES string of the molecule is CCc1c(C)sc(NC(=O)c2ccc(Cl)cc2)c1C(=O)OC(C)C. The highest BCUT2D eigenvalue weighted by Gasteiger charge is 2.24. The van der Waals surface area contributed by atoms with Crippen LogP contribution in [0.2, 0.25) is 5.02 Å². The van der Waals surface area contributed by atoms with Crippen LogP contribution in [0.4, 0.5) is 5.00 Å². The van der Waals surface area contributed by atoms with Crippen LogP contribution in [0.1, 0.15) is 51.9 Å². The highest BCUT2D eigenvalue weighted by Crippen LogP contribution is 2.34. The molecule has 0 atom stereocenters. The standard InChI is InChI=1S/C18H20ClNO3S/c1-5-14-11(4)24-17(15(14)18(22)23-10(2)3)20-16(21)12-6-8-13(19)9-7-12/h6-10H,5H2,1-4H3,(H,20,21). The molecule has 4 nitrogen and oxygen atoms in total. The Labute approximate surface area is 150 Å². The second-order valence-electron chi connectivity index (χ2n) is 5.61. The molecule has 0 fully saturated rings. The molecule has 0 unspecified atom stereocenters. The van der Waals surface area contributed by atoms with E-state index in [2.05, 4.69) is 5.32 Å². The van der Waals surface area contributed by atoms with Crippen molar-refractivity contribution in [1.82, 2.24) is 0 Å². The van der Waals surface area contributed by atoms with E-state index in [9.17, 15) is 9.59 Å². The van der Waals surface area contributed by atoms with Crippen LogP contribution in [0.5, 0.6) is 0 Å². The normalized spacial score (nSPS) is 10.8. The van der Waals surface area contributed by atoms with Gasteiger partial charge in [0.15, 0.2) is 0 Å². The van der Waals surface area contributed by atoms with Gasteiger partial charge in [-0.25, -0.2) is 4.79 Å². The van der Waals surface area contributed by atoms with Crippen LogP contribution in [-0.2, 0) is 11.2 Å². The van der Waals surface area contributed by atoms with Crippen LogP contribution in [0.3, 0.4) is 0 Å². The number of esters is 1. The number of hydrogen-bond donors (Lipinski definition) is 1. The van der Waals surface area contributed by atoms with E-state index in [1.807, 2.05) is 13.8 Å². The zero-order chi connectivity index (χ0) is 17.9. The number of aryl methyl sites for hydroxylation is 1. The van der Waals surface area contributed by atoms with Gasteiger partial charge in [-0.2, -0.15) is 0 Å². The number of hydrogen-bond acceptors (Lipinski definition) is 4. The number of carbonyl (C=O) groups is 2. The van der Waals surface area contributed by atoms with Crippen LogP contribution in [-0.4, -0.2) is 18.0 Å². The summed E-state index contributed by atoms with van der Waals surface area (Å²) in [6.07, 6.45) is 0.476. The number of carbonyl (C=O) groups excluding carboxylic acids is 2. The summed E-state index contributed by atoms with van der Waals surface area (Å²) in [6.45, 7) is 7.52. The van der Waals surface area contributed by atoms with E-state index in [-0.39, 0.29) is 12.0 Å². The summed E-state index contributed by atoms with van der Waals surface area (Å²) >= 11 is 7.23. The molecule has 2 rings (SSSR count). The molecule has 0 aliphatic carbocycles. The zero-order valence-corrected chi connectivity index (χ0v) is 15.7. The molecule has 1 aromatic heterocycles. The average molecular weight is 366 g/mol. The first-order chi connectivity index (χ1) is 11.3. The molecule has 0 aliphatic heterocycles. The first kappa shape index (κ1) is 18.5. The van der Waals surface area contributed by atoms with Gasteiger partial charge < -0.3 is 10.1 Å². The Hall–Kier alpha value is -1.85. The van der Waals surface area contributed by atoms with Crippen molar-refractivity contribution in [3.63, 3.8) is 0 Å². The lowest BCUT2D eigenvalue weighted by molar-refractivity contribution is 0.0378. The molecule has 128 valence electrons. The first-order valence-electron chi connectivity index (χ1n) is 7.73. The summed E-state index contributed by atoms with van der Waals surface area (Å²) in [6, 6.07) is 6.60. The maximum Gasteiger partial charge on any atom is 0.341 e. The van der Waals surface area contributed by atoms with E-state index < -0.39 is 5.97 Å². The second kappa shape index (κ2) is 7.81. The molecule has 2 aromatic rings. The van der Waals surface area contributed by atoms with Gasteiger partial charge in [-0.3, -0.25) is 4.79 Å². The number of benzene rings is 1. The van der Waals surface area contributed by atoms with Crippen molar-refractivity contribution >= 4 is 39.8 Å². The van der Waals surface area contributed by atoms with E-state index in [1.54, 1.807) is 38.1 Å². The number of halogens is 1. The van der Waals surface area contributed by atoms with Crippen molar-refractivity contribution < 1.29 is 14.3 Å². The molecule has 6 heteroatoms. The highest BCUT2D eigenvalue weighted by atomic mass is 35.5. The van der Waals surface area contributed by atoms with E-state index in [0.29, 0.717) is 27.6 Å². The van der Waals surface area contributed by atoms with Gasteiger partial charge in [0, 0.05) is 15.5 Å². The Morgan fingerprint density at radius 1 is 1.25 bits per heavy atom. The third kappa shape index (κ3) is 4.16. The summed E-state index contributed by atoms with van der Waals surface area (Å²) < 4.78 is 5.33. The third-order valence-electron chi connectivity index (χ3n) is 3.44. The third-order valence-corrected chi connectivity index (χ3v) is 4.76. The summed E-state index contributed by atoms with van der Waals surface area (Å²) in [4.78, 5) is 25.9. The Morgan fingerprint density at radius 3 is 2.42 bits per heavy atom. The van der Waals surface area contributed by atoms with Crippen molar-refractivity contribution in [2.75, 3.05) is 5.32 Å². The van der Waals surface area contributed by atoms with Crippen LogP contribution in [0, 0.1) is 6.92 Å². The topological polar surface area (TPSA) is 55.4 Å². The van der Waals surface area contributed by atoms with Gasteiger partial charge in [0.1, 0.15) is 5.00 Å². The number of amides is 1. The minimum atomic E-state index is -0.405. The fourth-order valence-corrected chi connectivity index (χ4v) is 3.61. The van der Waals surface area contributed by atoms with Crippen molar-refractivity contribution in [3.8, 4) is 0 Å². The van der Waals surface area contributed by atoms with Gasteiger partial charge >= 0.3 is 5.97 Å². The van der Waals surface area contributed by atoms with Crippen molar-refractivity contribution in [1.29, 1.82) is 0 Å². The minimum absolute atomic E-state index is 0.220. The molecule has 1 N–H and O–H groups in total. The number of ether oxygens (including phenoxy) is 1. The molecule has 1 aromatic carbocycles. The molecule has 0 bridgehead atoms. The van der Waals surface area contributed by atoms with Crippen molar-refractivity contribution in [2.24, 2.45) is 0 Å². The van der Waals surface area contributed by atoms with E-state index >= 15 is 0 Å². The molecule has 0 saturated heterocycles. The summed E-state index contributed by atoms with van der Waals surface area (Å²) in [7, 11) is 0. The Kier molecular flexibility index (Phi) is 6.02. The number of nitrogens with one attached hydrogen (secondary N) is 1. The number of thiophene rings is 1. The predicted molar refractivity (Wildman–Crippen MR) is 98.4 cm³/mol. The van der Waals surface area contributed by atoms with E-state index in [4.69, 9.17) is 16.3 Å². The Morgan fingerprint density at radius 2 is 1.88 bits per heavy atom. The number of anilines is 1. The van der Waals surface area contributed by atoms with Gasteiger partial charge in [-0.1, -0.05) is 18.5 Å². The van der Waals surface area contributed by atoms with Crippen LogP contribution >= 0.6 is 22.9 Å². The van der Waals surface area contributed by atoms with Crippen LogP contribution < -0.4 is 5.32 Å². The lowest BCUT2D eigenvalue weighted by Gasteiger charge is -2.11. The summed E-state index contributed by atoms with van der Waals surface area (Å²) in [5, 5.41) is 3.92. The molecule has 0 radical (unpaired) electrons. The lowest BCUT2D eigenvalue weighted by atomic mass is 10.1.